The molecule has 4 aromatic rings. The number of nitrogens with zero attached hydrogens (tertiary/aromatic N) is 1. The Hall–Kier alpha value is -3.13. The highest BCUT2D eigenvalue weighted by atomic mass is 16.5. The maximum atomic E-state index is 5.46. The van der Waals surface area contributed by atoms with E-state index >= 15 is 0 Å². The van der Waals surface area contributed by atoms with Crippen molar-refractivity contribution in [1.29, 1.82) is 0 Å². The van der Waals surface area contributed by atoms with Gasteiger partial charge in [0.2, 0.25) is 0 Å². The first-order valence-corrected chi connectivity index (χ1v) is 8.37. The van der Waals surface area contributed by atoms with Crippen LogP contribution in [0.1, 0.15) is 5.69 Å². The van der Waals surface area contributed by atoms with E-state index in [-0.39, 0.29) is 0 Å². The van der Waals surface area contributed by atoms with E-state index in [1.165, 1.54) is 22.3 Å². The van der Waals surface area contributed by atoms with Crippen molar-refractivity contribution >= 4 is 10.9 Å². The topological polar surface area (TPSA) is 22.1 Å². The van der Waals surface area contributed by atoms with Gasteiger partial charge in [0.25, 0.3) is 0 Å². The standard InChI is InChI=1S/C23H19NO/c1-16-22(17-9-5-3-6-10-17)23(18-11-7-4-8-12-18)20-15-19(25-2)13-14-21(20)24-16/h3-15H,1-2H3. The van der Waals surface area contributed by atoms with Gasteiger partial charge < -0.3 is 4.74 Å². The highest BCUT2D eigenvalue weighted by Gasteiger charge is 2.16. The Morgan fingerprint density at radius 3 is 1.92 bits per heavy atom. The average Bonchev–Trinajstić information content (AvgIpc) is 2.68. The van der Waals surface area contributed by atoms with Gasteiger partial charge in [-0.15, -0.1) is 0 Å². The number of rotatable bonds is 3. The molecule has 0 bridgehead atoms. The molecule has 0 atom stereocenters. The quantitative estimate of drug-likeness (QED) is 0.469. The first kappa shape index (κ1) is 15.4. The van der Waals surface area contributed by atoms with Gasteiger partial charge >= 0.3 is 0 Å². The molecule has 0 aliphatic rings. The molecule has 0 N–H and O–H groups in total. The number of hydrogen-bond donors (Lipinski definition) is 0. The molecule has 0 unspecified atom stereocenters. The molecule has 2 heteroatoms. The van der Waals surface area contributed by atoms with Gasteiger partial charge in [0.1, 0.15) is 5.75 Å². The van der Waals surface area contributed by atoms with E-state index in [1.54, 1.807) is 7.11 Å². The zero-order valence-corrected chi connectivity index (χ0v) is 14.4. The Morgan fingerprint density at radius 2 is 1.32 bits per heavy atom. The van der Waals surface area contributed by atoms with Crippen LogP contribution in [0.5, 0.6) is 5.75 Å². The molecule has 3 aromatic carbocycles. The molecule has 2 nitrogen and oxygen atoms in total. The van der Waals surface area contributed by atoms with Gasteiger partial charge in [-0.05, 0) is 36.2 Å². The first-order valence-electron chi connectivity index (χ1n) is 8.37. The SMILES string of the molecule is COc1ccc2nc(C)c(-c3ccccc3)c(-c3ccccc3)c2c1. The number of fused-ring (bicyclic) bond motifs is 1. The molecule has 0 saturated carbocycles. The molecule has 4 rings (SSSR count). The molecular weight excluding hydrogens is 306 g/mol. The maximum absolute atomic E-state index is 5.46. The third-order valence-electron chi connectivity index (χ3n) is 4.50. The summed E-state index contributed by atoms with van der Waals surface area (Å²) >= 11 is 0. The summed E-state index contributed by atoms with van der Waals surface area (Å²) in [4.78, 5) is 4.86. The van der Waals surface area contributed by atoms with E-state index in [2.05, 4.69) is 61.5 Å². The summed E-state index contributed by atoms with van der Waals surface area (Å²) in [5.41, 5.74) is 6.75. The fourth-order valence-electron chi connectivity index (χ4n) is 3.35. The molecule has 25 heavy (non-hydrogen) atoms. The summed E-state index contributed by atoms with van der Waals surface area (Å²) in [6.07, 6.45) is 0. The fourth-order valence-corrected chi connectivity index (χ4v) is 3.35. The largest absolute Gasteiger partial charge is 0.497 e. The van der Waals surface area contributed by atoms with Gasteiger partial charge in [0.05, 0.1) is 12.6 Å². The second-order valence-electron chi connectivity index (χ2n) is 6.06. The van der Waals surface area contributed by atoms with E-state index in [9.17, 15) is 0 Å². The van der Waals surface area contributed by atoms with Crippen molar-refractivity contribution in [2.24, 2.45) is 0 Å². The fraction of sp³-hybridized carbons (Fsp3) is 0.0870. The van der Waals surface area contributed by atoms with Gasteiger partial charge in [-0.1, -0.05) is 60.7 Å². The van der Waals surface area contributed by atoms with Crippen LogP contribution >= 0.6 is 0 Å². The third kappa shape index (κ3) is 2.76. The zero-order chi connectivity index (χ0) is 17.2. The van der Waals surface area contributed by atoms with Crippen LogP contribution in [0.4, 0.5) is 0 Å². The van der Waals surface area contributed by atoms with Crippen LogP contribution in [-0.2, 0) is 0 Å². The van der Waals surface area contributed by atoms with E-state index in [0.717, 1.165) is 22.3 Å². The molecule has 0 spiro atoms. The van der Waals surface area contributed by atoms with E-state index in [1.807, 2.05) is 24.3 Å². The molecule has 0 aliphatic carbocycles. The molecule has 0 amide bonds. The Bertz CT molecular complexity index is 1020. The minimum atomic E-state index is 0.842. The van der Waals surface area contributed by atoms with Crippen molar-refractivity contribution < 1.29 is 4.74 Å². The van der Waals surface area contributed by atoms with Crippen molar-refractivity contribution in [3.63, 3.8) is 0 Å². The maximum Gasteiger partial charge on any atom is 0.119 e. The summed E-state index contributed by atoms with van der Waals surface area (Å²) in [7, 11) is 1.70. The smallest absolute Gasteiger partial charge is 0.119 e. The molecular formula is C23H19NO. The summed E-state index contributed by atoms with van der Waals surface area (Å²) in [6, 6.07) is 27.0. The van der Waals surface area contributed by atoms with Crippen LogP contribution in [-0.4, -0.2) is 12.1 Å². The zero-order valence-electron chi connectivity index (χ0n) is 14.4. The summed E-state index contributed by atoms with van der Waals surface area (Å²) < 4.78 is 5.46. The molecule has 0 saturated heterocycles. The van der Waals surface area contributed by atoms with Crippen molar-refractivity contribution in [1.82, 2.24) is 4.98 Å². The number of methoxy groups -OCH3 is 1. The van der Waals surface area contributed by atoms with E-state index < -0.39 is 0 Å². The summed E-state index contributed by atoms with van der Waals surface area (Å²) in [5.74, 6) is 0.842. The number of aromatic nitrogens is 1. The third-order valence-corrected chi connectivity index (χ3v) is 4.50. The van der Waals surface area contributed by atoms with E-state index in [4.69, 9.17) is 9.72 Å². The lowest BCUT2D eigenvalue weighted by Crippen LogP contribution is -1.96. The number of aryl methyl sites for hydroxylation is 1. The second kappa shape index (κ2) is 6.40. The van der Waals surface area contributed by atoms with Gasteiger partial charge in [-0.3, -0.25) is 4.98 Å². The molecule has 0 fully saturated rings. The minimum Gasteiger partial charge on any atom is -0.497 e. The number of pyridine rings is 1. The monoisotopic (exact) mass is 325 g/mol. The number of benzene rings is 3. The lowest BCUT2D eigenvalue weighted by molar-refractivity contribution is 0.415. The molecule has 122 valence electrons. The summed E-state index contributed by atoms with van der Waals surface area (Å²) in [5, 5.41) is 1.11. The van der Waals surface area contributed by atoms with Crippen LogP contribution < -0.4 is 4.74 Å². The van der Waals surface area contributed by atoms with Crippen LogP contribution in [0, 0.1) is 6.92 Å². The Morgan fingerprint density at radius 1 is 0.720 bits per heavy atom. The highest BCUT2D eigenvalue weighted by molar-refractivity contribution is 6.03. The van der Waals surface area contributed by atoms with Crippen molar-refractivity contribution in [2.45, 2.75) is 6.92 Å². The summed E-state index contributed by atoms with van der Waals surface area (Å²) in [6.45, 7) is 2.08. The Kier molecular flexibility index (Phi) is 3.95. The van der Waals surface area contributed by atoms with Crippen molar-refractivity contribution in [2.75, 3.05) is 7.11 Å². The molecule has 0 radical (unpaired) electrons. The van der Waals surface area contributed by atoms with E-state index in [0.29, 0.717) is 0 Å². The Labute approximate surface area is 147 Å². The normalized spacial score (nSPS) is 10.8. The number of hydrogen-bond acceptors (Lipinski definition) is 2. The average molecular weight is 325 g/mol. The van der Waals surface area contributed by atoms with Gasteiger partial charge in [-0.2, -0.15) is 0 Å². The first-order chi connectivity index (χ1) is 12.3. The van der Waals surface area contributed by atoms with Gasteiger partial charge in [-0.25, -0.2) is 0 Å². The predicted octanol–water partition coefficient (Wildman–Crippen LogP) is 5.89. The lowest BCUT2D eigenvalue weighted by Gasteiger charge is -2.17. The molecule has 1 aromatic heterocycles. The lowest BCUT2D eigenvalue weighted by atomic mass is 9.90. The van der Waals surface area contributed by atoms with Crippen molar-refractivity contribution in [3.8, 4) is 28.0 Å². The van der Waals surface area contributed by atoms with Crippen LogP contribution in [0.2, 0.25) is 0 Å². The molecule has 0 aliphatic heterocycles. The van der Waals surface area contributed by atoms with Gasteiger partial charge in [0.15, 0.2) is 0 Å². The highest BCUT2D eigenvalue weighted by Crippen LogP contribution is 2.40. The van der Waals surface area contributed by atoms with Crippen molar-refractivity contribution in [3.05, 3.63) is 84.6 Å². The number of ether oxygens (including phenoxy) is 1. The minimum absolute atomic E-state index is 0.842. The van der Waals surface area contributed by atoms with Crippen LogP contribution in [0.3, 0.4) is 0 Å². The van der Waals surface area contributed by atoms with Crippen LogP contribution in [0.15, 0.2) is 78.9 Å². The van der Waals surface area contributed by atoms with Crippen LogP contribution in [0.25, 0.3) is 33.2 Å². The predicted molar refractivity (Wildman–Crippen MR) is 104 cm³/mol. The molecule has 1 heterocycles. The Balaban J connectivity index is 2.15. The second-order valence-corrected chi connectivity index (χ2v) is 6.06. The van der Waals surface area contributed by atoms with Gasteiger partial charge in [0, 0.05) is 22.2 Å².